The highest BCUT2D eigenvalue weighted by atomic mass is 19.4. The van der Waals surface area contributed by atoms with Crippen molar-refractivity contribution >= 4 is 5.78 Å². The summed E-state index contributed by atoms with van der Waals surface area (Å²) in [6, 6.07) is 6.58. The zero-order valence-electron chi connectivity index (χ0n) is 11.5. The lowest BCUT2D eigenvalue weighted by molar-refractivity contribution is -0.137. The SMILES string of the molecule is CCOc1ccc(C(=O)CN(C)CCC(F)(F)F)cc1. The molecule has 0 heterocycles. The van der Waals surface area contributed by atoms with Crippen LogP contribution in [0.4, 0.5) is 13.2 Å². The van der Waals surface area contributed by atoms with Gasteiger partial charge in [-0.3, -0.25) is 9.69 Å². The summed E-state index contributed by atoms with van der Waals surface area (Å²) in [7, 11) is 1.50. The van der Waals surface area contributed by atoms with Crippen molar-refractivity contribution in [1.82, 2.24) is 4.90 Å². The number of benzene rings is 1. The first kappa shape index (κ1) is 16.5. The minimum absolute atomic E-state index is 0.0376. The van der Waals surface area contributed by atoms with Crippen LogP contribution in [0.1, 0.15) is 23.7 Å². The van der Waals surface area contributed by atoms with Gasteiger partial charge in [-0.25, -0.2) is 0 Å². The van der Waals surface area contributed by atoms with Crippen LogP contribution in [-0.2, 0) is 0 Å². The van der Waals surface area contributed by atoms with Gasteiger partial charge in [0.25, 0.3) is 0 Å². The molecule has 3 nitrogen and oxygen atoms in total. The highest BCUT2D eigenvalue weighted by molar-refractivity contribution is 5.97. The number of ether oxygens (including phenoxy) is 1. The standard InChI is InChI=1S/C14H18F3NO2/c1-3-20-12-6-4-11(5-7-12)13(19)10-18(2)9-8-14(15,16)17/h4-7H,3,8-10H2,1-2H3. The van der Waals surface area contributed by atoms with Gasteiger partial charge in [0.05, 0.1) is 19.6 Å². The molecule has 0 atom stereocenters. The molecule has 0 aliphatic rings. The highest BCUT2D eigenvalue weighted by Gasteiger charge is 2.27. The van der Waals surface area contributed by atoms with E-state index in [4.69, 9.17) is 4.74 Å². The Bertz CT molecular complexity index is 429. The maximum absolute atomic E-state index is 12.1. The van der Waals surface area contributed by atoms with Crippen LogP contribution in [0.15, 0.2) is 24.3 Å². The Morgan fingerprint density at radius 1 is 1.25 bits per heavy atom. The fourth-order valence-electron chi connectivity index (χ4n) is 1.64. The predicted octanol–water partition coefficient (Wildman–Crippen LogP) is 3.15. The summed E-state index contributed by atoms with van der Waals surface area (Å²) in [6.45, 7) is 2.17. The number of carbonyl (C=O) groups excluding carboxylic acids is 1. The van der Waals surface area contributed by atoms with Crippen LogP contribution in [0.5, 0.6) is 5.75 Å². The number of nitrogens with zero attached hydrogens (tertiary/aromatic N) is 1. The number of halogens is 3. The monoisotopic (exact) mass is 289 g/mol. The van der Waals surface area contributed by atoms with E-state index in [0.717, 1.165) is 0 Å². The third kappa shape index (κ3) is 6.06. The minimum Gasteiger partial charge on any atom is -0.494 e. The Labute approximate surface area is 116 Å². The molecule has 1 aromatic carbocycles. The molecule has 0 saturated heterocycles. The second-order valence-electron chi connectivity index (χ2n) is 4.48. The first-order valence-corrected chi connectivity index (χ1v) is 6.33. The molecule has 1 aromatic rings. The van der Waals surface area contributed by atoms with Gasteiger partial charge in [0, 0.05) is 12.1 Å². The molecule has 0 aliphatic heterocycles. The number of carbonyl (C=O) groups is 1. The second kappa shape index (κ2) is 7.28. The fraction of sp³-hybridized carbons (Fsp3) is 0.500. The Kier molecular flexibility index (Phi) is 6.01. The van der Waals surface area contributed by atoms with E-state index in [1.807, 2.05) is 6.92 Å². The van der Waals surface area contributed by atoms with Gasteiger partial charge in [0.1, 0.15) is 5.75 Å². The average Bonchev–Trinajstić information content (AvgIpc) is 2.37. The molecule has 0 fully saturated rings. The van der Waals surface area contributed by atoms with E-state index in [9.17, 15) is 18.0 Å². The van der Waals surface area contributed by atoms with Crippen LogP contribution < -0.4 is 4.74 Å². The van der Waals surface area contributed by atoms with Crippen LogP contribution >= 0.6 is 0 Å². The lowest BCUT2D eigenvalue weighted by Gasteiger charge is -2.16. The number of rotatable bonds is 7. The first-order chi connectivity index (χ1) is 9.31. The second-order valence-corrected chi connectivity index (χ2v) is 4.48. The fourth-order valence-corrected chi connectivity index (χ4v) is 1.64. The lowest BCUT2D eigenvalue weighted by atomic mass is 10.1. The van der Waals surface area contributed by atoms with Crippen molar-refractivity contribution in [3.8, 4) is 5.75 Å². The van der Waals surface area contributed by atoms with E-state index in [-0.39, 0.29) is 18.9 Å². The summed E-state index contributed by atoms with van der Waals surface area (Å²) in [6.07, 6.45) is -5.11. The van der Waals surface area contributed by atoms with Crippen LogP contribution in [0.2, 0.25) is 0 Å². The Morgan fingerprint density at radius 3 is 2.35 bits per heavy atom. The highest BCUT2D eigenvalue weighted by Crippen LogP contribution is 2.19. The van der Waals surface area contributed by atoms with E-state index in [1.54, 1.807) is 24.3 Å². The van der Waals surface area contributed by atoms with Gasteiger partial charge >= 0.3 is 6.18 Å². The summed E-state index contributed by atoms with van der Waals surface area (Å²) >= 11 is 0. The summed E-state index contributed by atoms with van der Waals surface area (Å²) in [5.74, 6) is 0.451. The van der Waals surface area contributed by atoms with Crippen molar-refractivity contribution in [2.75, 3.05) is 26.7 Å². The summed E-state index contributed by atoms with van der Waals surface area (Å²) in [5, 5.41) is 0. The van der Waals surface area contributed by atoms with Crippen LogP contribution in [0.3, 0.4) is 0 Å². The van der Waals surface area contributed by atoms with Crippen molar-refractivity contribution < 1.29 is 22.7 Å². The van der Waals surface area contributed by atoms with Gasteiger partial charge in [-0.1, -0.05) is 0 Å². The molecule has 112 valence electrons. The third-order valence-corrected chi connectivity index (χ3v) is 2.68. The first-order valence-electron chi connectivity index (χ1n) is 6.33. The van der Waals surface area contributed by atoms with Gasteiger partial charge in [0.15, 0.2) is 5.78 Å². The zero-order chi connectivity index (χ0) is 15.2. The minimum atomic E-state index is -4.20. The molecule has 0 spiro atoms. The smallest absolute Gasteiger partial charge is 0.390 e. The van der Waals surface area contributed by atoms with Crippen molar-refractivity contribution in [3.63, 3.8) is 0 Å². The third-order valence-electron chi connectivity index (χ3n) is 2.68. The number of likely N-dealkylation sites (N-methyl/N-ethyl adjacent to an activating group) is 1. The van der Waals surface area contributed by atoms with E-state index < -0.39 is 12.6 Å². The average molecular weight is 289 g/mol. The molecule has 0 aromatic heterocycles. The van der Waals surface area contributed by atoms with E-state index >= 15 is 0 Å². The molecule has 0 saturated carbocycles. The maximum Gasteiger partial charge on any atom is 0.390 e. The largest absolute Gasteiger partial charge is 0.494 e. The van der Waals surface area contributed by atoms with Crippen molar-refractivity contribution in [2.45, 2.75) is 19.5 Å². The summed E-state index contributed by atoms with van der Waals surface area (Å²) < 4.78 is 41.5. The van der Waals surface area contributed by atoms with Gasteiger partial charge in [-0.15, -0.1) is 0 Å². The van der Waals surface area contributed by atoms with E-state index in [0.29, 0.717) is 17.9 Å². The number of alkyl halides is 3. The number of ketones is 1. The van der Waals surface area contributed by atoms with E-state index in [1.165, 1.54) is 11.9 Å². The molecule has 1 rings (SSSR count). The van der Waals surface area contributed by atoms with E-state index in [2.05, 4.69) is 0 Å². The predicted molar refractivity (Wildman–Crippen MR) is 70.1 cm³/mol. The topological polar surface area (TPSA) is 29.5 Å². The Balaban J connectivity index is 2.49. The van der Waals surface area contributed by atoms with Crippen LogP contribution in [0, 0.1) is 0 Å². The Morgan fingerprint density at radius 2 is 1.85 bits per heavy atom. The van der Waals surface area contributed by atoms with Gasteiger partial charge in [0.2, 0.25) is 0 Å². The molecule has 0 radical (unpaired) electrons. The number of hydrogen-bond acceptors (Lipinski definition) is 3. The molecular formula is C14H18F3NO2. The maximum atomic E-state index is 12.1. The summed E-state index contributed by atoms with van der Waals surface area (Å²) in [5.41, 5.74) is 0.465. The van der Waals surface area contributed by atoms with Crippen molar-refractivity contribution in [3.05, 3.63) is 29.8 Å². The molecule has 0 N–H and O–H groups in total. The molecule has 0 bridgehead atoms. The number of Topliss-reactive ketones (excluding diaryl/α,β-unsaturated/α-hetero) is 1. The zero-order valence-corrected chi connectivity index (χ0v) is 11.5. The van der Waals surface area contributed by atoms with Crippen LogP contribution in [-0.4, -0.2) is 43.6 Å². The summed E-state index contributed by atoms with van der Waals surface area (Å²) in [4.78, 5) is 13.3. The molecule has 20 heavy (non-hydrogen) atoms. The van der Waals surface area contributed by atoms with Crippen molar-refractivity contribution in [2.24, 2.45) is 0 Å². The molecule has 6 heteroatoms. The molecule has 0 unspecified atom stereocenters. The molecule has 0 amide bonds. The molecule has 0 aliphatic carbocycles. The Hall–Kier alpha value is -1.56. The van der Waals surface area contributed by atoms with Crippen molar-refractivity contribution in [1.29, 1.82) is 0 Å². The van der Waals surface area contributed by atoms with Gasteiger partial charge < -0.3 is 4.74 Å². The van der Waals surface area contributed by atoms with Gasteiger partial charge in [-0.2, -0.15) is 13.2 Å². The number of hydrogen-bond donors (Lipinski definition) is 0. The normalized spacial score (nSPS) is 11.7. The quantitative estimate of drug-likeness (QED) is 0.722. The van der Waals surface area contributed by atoms with Gasteiger partial charge in [-0.05, 0) is 38.2 Å². The van der Waals surface area contributed by atoms with Crippen LogP contribution in [0.25, 0.3) is 0 Å². The lowest BCUT2D eigenvalue weighted by Crippen LogP contribution is -2.29. The molecular weight excluding hydrogens is 271 g/mol.